The van der Waals surface area contributed by atoms with Crippen molar-refractivity contribution in [3.05, 3.63) is 0 Å². The number of esters is 2. The van der Waals surface area contributed by atoms with Gasteiger partial charge < -0.3 is 14.8 Å². The van der Waals surface area contributed by atoms with Gasteiger partial charge in [-0.3, -0.25) is 4.79 Å². The molecule has 0 aromatic rings. The highest BCUT2D eigenvalue weighted by Crippen LogP contribution is 2.10. The summed E-state index contributed by atoms with van der Waals surface area (Å²) in [4.78, 5) is 22.9. The van der Waals surface area contributed by atoms with Gasteiger partial charge in [0.25, 0.3) is 0 Å². The first-order valence-electron chi connectivity index (χ1n) is 5.91. The normalized spacial score (nSPS) is 18.4. The molecular weight excluding hydrogens is 274 g/mol. The number of hydrogen-bond acceptors (Lipinski definition) is 7. The van der Waals surface area contributed by atoms with Crippen molar-refractivity contribution in [1.29, 1.82) is 0 Å². The third-order valence-electron chi connectivity index (χ3n) is 2.35. The van der Waals surface area contributed by atoms with Gasteiger partial charge in [0.05, 0.1) is 13.0 Å². The number of ether oxygens (including phenoxy) is 2. The van der Waals surface area contributed by atoms with Crippen molar-refractivity contribution in [2.75, 3.05) is 18.9 Å². The molecule has 18 heavy (non-hydrogen) atoms. The summed E-state index contributed by atoms with van der Waals surface area (Å²) < 4.78 is 10.2. The molecule has 0 unspecified atom stereocenters. The van der Waals surface area contributed by atoms with Gasteiger partial charge in [0.15, 0.2) is 0 Å². The smallest absolute Gasteiger partial charge is 0.330 e. The zero-order chi connectivity index (χ0) is 13.4. The van der Waals surface area contributed by atoms with Crippen LogP contribution in [0.4, 0.5) is 0 Å². The third kappa shape index (κ3) is 5.79. The Morgan fingerprint density at radius 2 is 2.28 bits per heavy atom. The van der Waals surface area contributed by atoms with Crippen molar-refractivity contribution in [2.45, 2.75) is 32.2 Å². The fraction of sp³-hybridized carbons (Fsp3) is 0.727. The molecular formula is C11H17NO4S2. The number of carbonyl (C=O) groups is 2. The maximum Gasteiger partial charge on any atom is 0.330 e. The fourth-order valence-electron chi connectivity index (χ4n) is 1.50. The Morgan fingerprint density at radius 1 is 1.50 bits per heavy atom. The summed E-state index contributed by atoms with van der Waals surface area (Å²) in [7, 11) is 0. The molecule has 1 saturated heterocycles. The maximum absolute atomic E-state index is 11.5. The number of thiocarbonyl (C=S) groups is 1. The van der Waals surface area contributed by atoms with Crippen LogP contribution in [0, 0.1) is 0 Å². The average molecular weight is 291 g/mol. The molecule has 0 spiro atoms. The van der Waals surface area contributed by atoms with E-state index in [9.17, 15) is 9.59 Å². The van der Waals surface area contributed by atoms with Gasteiger partial charge in [0.1, 0.15) is 6.04 Å². The van der Waals surface area contributed by atoms with E-state index in [2.05, 4.69) is 5.32 Å². The molecule has 1 aliphatic rings. The lowest BCUT2D eigenvalue weighted by Gasteiger charge is -2.08. The van der Waals surface area contributed by atoms with Gasteiger partial charge >= 0.3 is 11.9 Å². The van der Waals surface area contributed by atoms with E-state index in [0.717, 1.165) is 19.4 Å². The first kappa shape index (κ1) is 15.4. The minimum atomic E-state index is -0.513. The molecule has 1 heterocycles. The van der Waals surface area contributed by atoms with E-state index in [1.54, 1.807) is 0 Å². The van der Waals surface area contributed by atoms with Crippen LogP contribution in [0.2, 0.25) is 0 Å². The molecule has 1 atom stereocenters. The Kier molecular flexibility index (Phi) is 7.22. The SMILES string of the molecule is CCOC(=S)SCCC(=O)OC(=O)[C@@H]1CCCN1. The van der Waals surface area contributed by atoms with E-state index in [1.807, 2.05) is 6.92 Å². The number of thioether (sulfide) groups is 1. The molecule has 1 rings (SSSR count). The van der Waals surface area contributed by atoms with Gasteiger partial charge in [-0.05, 0) is 38.5 Å². The maximum atomic E-state index is 11.5. The Hall–Kier alpha value is -0.660. The molecule has 1 N–H and O–H groups in total. The van der Waals surface area contributed by atoms with Crippen LogP contribution < -0.4 is 5.32 Å². The van der Waals surface area contributed by atoms with Crippen LogP contribution >= 0.6 is 24.0 Å². The van der Waals surface area contributed by atoms with Crippen molar-refractivity contribution < 1.29 is 19.1 Å². The summed E-state index contributed by atoms with van der Waals surface area (Å²) in [5.41, 5.74) is 0. The van der Waals surface area contributed by atoms with Crippen LogP contribution in [0.1, 0.15) is 26.2 Å². The predicted octanol–water partition coefficient (Wildman–Crippen LogP) is 1.25. The van der Waals surface area contributed by atoms with Crippen LogP contribution in [0.25, 0.3) is 0 Å². The zero-order valence-corrected chi connectivity index (χ0v) is 11.9. The summed E-state index contributed by atoms with van der Waals surface area (Å²) in [6, 6.07) is -0.328. The molecule has 1 fully saturated rings. The minimum absolute atomic E-state index is 0.149. The molecule has 0 saturated carbocycles. The summed E-state index contributed by atoms with van der Waals surface area (Å²) in [5.74, 6) is -0.529. The predicted molar refractivity (Wildman–Crippen MR) is 73.4 cm³/mol. The lowest BCUT2D eigenvalue weighted by molar-refractivity contribution is -0.160. The molecule has 0 aliphatic carbocycles. The highest BCUT2D eigenvalue weighted by molar-refractivity contribution is 8.22. The van der Waals surface area contributed by atoms with Gasteiger partial charge in [0, 0.05) is 5.75 Å². The van der Waals surface area contributed by atoms with E-state index in [-0.39, 0.29) is 12.5 Å². The second kappa shape index (κ2) is 8.44. The second-order valence-corrected chi connectivity index (χ2v) is 5.42. The molecule has 0 bridgehead atoms. The summed E-state index contributed by atoms with van der Waals surface area (Å²) in [5, 5.41) is 2.98. The van der Waals surface area contributed by atoms with Gasteiger partial charge in [-0.15, -0.1) is 0 Å². The number of nitrogens with one attached hydrogen (secondary N) is 1. The quantitative estimate of drug-likeness (QED) is 0.464. The Bertz CT molecular complexity index is 316. The summed E-state index contributed by atoms with van der Waals surface area (Å²) in [6.45, 7) is 3.16. The van der Waals surface area contributed by atoms with Crippen LogP contribution in [0.15, 0.2) is 0 Å². The number of carbonyl (C=O) groups excluding carboxylic acids is 2. The molecule has 0 aromatic heterocycles. The minimum Gasteiger partial charge on any atom is -0.479 e. The fourth-order valence-corrected chi connectivity index (χ4v) is 2.50. The van der Waals surface area contributed by atoms with Crippen molar-refractivity contribution in [2.24, 2.45) is 0 Å². The largest absolute Gasteiger partial charge is 0.479 e. The van der Waals surface area contributed by atoms with Gasteiger partial charge in [-0.25, -0.2) is 4.79 Å². The number of rotatable bonds is 5. The monoisotopic (exact) mass is 291 g/mol. The van der Waals surface area contributed by atoms with E-state index >= 15 is 0 Å². The van der Waals surface area contributed by atoms with E-state index in [1.165, 1.54) is 11.8 Å². The van der Waals surface area contributed by atoms with Crippen LogP contribution in [-0.2, 0) is 19.1 Å². The zero-order valence-electron chi connectivity index (χ0n) is 10.3. The molecule has 5 nitrogen and oxygen atoms in total. The topological polar surface area (TPSA) is 64.6 Å². The van der Waals surface area contributed by atoms with E-state index in [4.69, 9.17) is 21.7 Å². The summed E-state index contributed by atoms with van der Waals surface area (Å²) in [6.07, 6.45) is 1.82. The Morgan fingerprint density at radius 3 is 2.89 bits per heavy atom. The third-order valence-corrected chi connectivity index (χ3v) is 3.58. The van der Waals surface area contributed by atoms with E-state index < -0.39 is 11.9 Å². The van der Waals surface area contributed by atoms with Crippen molar-refractivity contribution >= 4 is 40.3 Å². The van der Waals surface area contributed by atoms with E-state index in [0.29, 0.717) is 16.7 Å². The Labute approximate surface area is 116 Å². The average Bonchev–Trinajstić information content (AvgIpc) is 2.82. The summed E-state index contributed by atoms with van der Waals surface area (Å²) >= 11 is 6.16. The molecule has 7 heteroatoms. The van der Waals surface area contributed by atoms with Crippen molar-refractivity contribution in [3.63, 3.8) is 0 Å². The van der Waals surface area contributed by atoms with Gasteiger partial charge in [0.2, 0.25) is 4.38 Å². The molecule has 0 aromatic carbocycles. The standard InChI is InChI=1S/C11H17NO4S2/c1-2-15-11(17)18-7-5-9(13)16-10(14)8-4-3-6-12-8/h8,12H,2-7H2,1H3/t8-/m0/s1. The number of hydrogen-bond donors (Lipinski definition) is 1. The van der Waals surface area contributed by atoms with Crippen LogP contribution in [-0.4, -0.2) is 41.3 Å². The first-order chi connectivity index (χ1) is 8.63. The van der Waals surface area contributed by atoms with Crippen LogP contribution in [0.5, 0.6) is 0 Å². The highest BCUT2D eigenvalue weighted by atomic mass is 32.2. The van der Waals surface area contributed by atoms with Crippen molar-refractivity contribution in [1.82, 2.24) is 5.32 Å². The molecule has 102 valence electrons. The Balaban J connectivity index is 2.13. The molecule has 1 aliphatic heterocycles. The van der Waals surface area contributed by atoms with Crippen LogP contribution in [0.3, 0.4) is 0 Å². The van der Waals surface area contributed by atoms with Crippen molar-refractivity contribution in [3.8, 4) is 0 Å². The first-order valence-corrected chi connectivity index (χ1v) is 7.30. The van der Waals surface area contributed by atoms with Gasteiger partial charge in [-0.2, -0.15) is 0 Å². The molecule has 0 radical (unpaired) electrons. The second-order valence-electron chi connectivity index (χ2n) is 3.72. The molecule has 0 amide bonds. The lowest BCUT2D eigenvalue weighted by Crippen LogP contribution is -2.33. The highest BCUT2D eigenvalue weighted by Gasteiger charge is 2.25. The van der Waals surface area contributed by atoms with Gasteiger partial charge in [-0.1, -0.05) is 11.8 Å². The lowest BCUT2D eigenvalue weighted by atomic mass is 10.2.